The Balaban J connectivity index is 1.38. The van der Waals surface area contributed by atoms with Crippen LogP contribution < -0.4 is 0 Å². The Bertz CT molecular complexity index is 926. The first kappa shape index (κ1) is 20.6. The Morgan fingerprint density at radius 3 is 2.30 bits per heavy atom. The number of amides is 2. The molecule has 2 fully saturated rings. The van der Waals surface area contributed by atoms with E-state index in [1.165, 1.54) is 16.7 Å². The molecule has 1 unspecified atom stereocenters. The second kappa shape index (κ2) is 9.00. The number of nitrogens with zero attached hydrogens (tertiary/aromatic N) is 3. The van der Waals surface area contributed by atoms with Crippen molar-refractivity contribution in [1.82, 2.24) is 14.7 Å². The molecule has 2 aromatic carbocycles. The Kier molecular flexibility index (Phi) is 6.18. The zero-order valence-electron chi connectivity index (χ0n) is 18.0. The summed E-state index contributed by atoms with van der Waals surface area (Å²) in [4.78, 5) is 32.3. The second-order valence-corrected chi connectivity index (χ2v) is 8.64. The first-order chi connectivity index (χ1) is 14.5. The van der Waals surface area contributed by atoms with Crippen LogP contribution in [-0.2, 0) is 22.6 Å². The second-order valence-electron chi connectivity index (χ2n) is 8.64. The molecule has 2 saturated heterocycles. The molecular formula is C25H31N3O2. The fourth-order valence-corrected chi connectivity index (χ4v) is 4.64. The highest BCUT2D eigenvalue weighted by atomic mass is 16.2. The van der Waals surface area contributed by atoms with Gasteiger partial charge in [-0.15, -0.1) is 0 Å². The van der Waals surface area contributed by atoms with Gasteiger partial charge in [0.25, 0.3) is 0 Å². The normalized spacial score (nSPS) is 20.1. The van der Waals surface area contributed by atoms with Crippen molar-refractivity contribution in [3.8, 4) is 0 Å². The average Bonchev–Trinajstić information content (AvgIpc) is 2.93. The Morgan fingerprint density at radius 1 is 0.900 bits per heavy atom. The van der Waals surface area contributed by atoms with E-state index in [1.807, 2.05) is 34.9 Å². The lowest BCUT2D eigenvalue weighted by molar-refractivity contribution is -0.142. The van der Waals surface area contributed by atoms with E-state index in [1.54, 1.807) is 0 Å². The minimum Gasteiger partial charge on any atom is -0.341 e. The average molecular weight is 406 g/mol. The SMILES string of the molecule is Cc1cccc(CC(=O)N2CCC3C(=O)N(Cc4cccc(C)c4)CCN3CC2)c1. The number of benzene rings is 2. The smallest absolute Gasteiger partial charge is 0.240 e. The topological polar surface area (TPSA) is 43.9 Å². The van der Waals surface area contributed by atoms with Gasteiger partial charge in [0.2, 0.25) is 11.8 Å². The van der Waals surface area contributed by atoms with Crippen LogP contribution in [0.25, 0.3) is 0 Å². The largest absolute Gasteiger partial charge is 0.341 e. The summed E-state index contributed by atoms with van der Waals surface area (Å²) in [6.07, 6.45) is 1.14. The molecule has 0 bridgehead atoms. The van der Waals surface area contributed by atoms with Crippen LogP contribution in [0.3, 0.4) is 0 Å². The van der Waals surface area contributed by atoms with Gasteiger partial charge in [-0.1, -0.05) is 59.7 Å². The minimum atomic E-state index is -0.111. The number of piperazine rings is 1. The van der Waals surface area contributed by atoms with Gasteiger partial charge >= 0.3 is 0 Å². The maximum absolute atomic E-state index is 13.2. The highest BCUT2D eigenvalue weighted by Crippen LogP contribution is 2.21. The summed E-state index contributed by atoms with van der Waals surface area (Å²) in [7, 11) is 0. The van der Waals surface area contributed by atoms with Gasteiger partial charge in [-0.25, -0.2) is 0 Å². The summed E-state index contributed by atoms with van der Waals surface area (Å²) >= 11 is 0. The van der Waals surface area contributed by atoms with Crippen molar-refractivity contribution in [2.24, 2.45) is 0 Å². The molecule has 1 atom stereocenters. The number of carbonyl (C=O) groups is 2. The molecule has 0 N–H and O–H groups in total. The highest BCUT2D eigenvalue weighted by Gasteiger charge is 2.37. The number of hydrogen-bond acceptors (Lipinski definition) is 3. The number of carbonyl (C=O) groups excluding carboxylic acids is 2. The summed E-state index contributed by atoms with van der Waals surface area (Å²) in [6, 6.07) is 16.4. The molecule has 2 aliphatic rings. The van der Waals surface area contributed by atoms with E-state index in [4.69, 9.17) is 0 Å². The molecule has 2 aromatic rings. The summed E-state index contributed by atoms with van der Waals surface area (Å²) < 4.78 is 0. The predicted octanol–water partition coefficient (Wildman–Crippen LogP) is 2.79. The van der Waals surface area contributed by atoms with Gasteiger partial charge in [0.1, 0.15) is 0 Å². The molecule has 158 valence electrons. The molecule has 2 amide bonds. The zero-order chi connectivity index (χ0) is 21.1. The quantitative estimate of drug-likeness (QED) is 0.786. The number of hydrogen-bond donors (Lipinski definition) is 0. The van der Waals surface area contributed by atoms with Gasteiger partial charge in [0.05, 0.1) is 12.5 Å². The van der Waals surface area contributed by atoms with Gasteiger partial charge in [-0.2, -0.15) is 0 Å². The van der Waals surface area contributed by atoms with Crippen molar-refractivity contribution in [2.75, 3.05) is 32.7 Å². The van der Waals surface area contributed by atoms with Crippen LogP contribution in [0.4, 0.5) is 0 Å². The van der Waals surface area contributed by atoms with Crippen molar-refractivity contribution in [3.63, 3.8) is 0 Å². The molecule has 0 saturated carbocycles. The molecule has 5 heteroatoms. The van der Waals surface area contributed by atoms with Crippen LogP contribution in [0.2, 0.25) is 0 Å². The van der Waals surface area contributed by atoms with Crippen LogP contribution in [0, 0.1) is 13.8 Å². The van der Waals surface area contributed by atoms with Gasteiger partial charge < -0.3 is 9.80 Å². The molecule has 0 spiro atoms. The van der Waals surface area contributed by atoms with Crippen molar-refractivity contribution in [2.45, 2.75) is 39.3 Å². The van der Waals surface area contributed by atoms with Gasteiger partial charge in [-0.3, -0.25) is 14.5 Å². The van der Waals surface area contributed by atoms with E-state index in [0.29, 0.717) is 32.5 Å². The molecule has 2 aliphatic heterocycles. The molecule has 2 heterocycles. The Morgan fingerprint density at radius 2 is 1.57 bits per heavy atom. The number of fused-ring (bicyclic) bond motifs is 1. The molecule has 0 radical (unpaired) electrons. The monoisotopic (exact) mass is 405 g/mol. The summed E-state index contributed by atoms with van der Waals surface area (Å²) in [5.41, 5.74) is 4.63. The first-order valence-corrected chi connectivity index (χ1v) is 10.9. The van der Waals surface area contributed by atoms with Gasteiger partial charge in [0, 0.05) is 39.3 Å². The predicted molar refractivity (Wildman–Crippen MR) is 118 cm³/mol. The fraction of sp³-hybridized carbons (Fsp3) is 0.440. The zero-order valence-corrected chi connectivity index (χ0v) is 18.0. The van der Waals surface area contributed by atoms with Crippen LogP contribution in [0.5, 0.6) is 0 Å². The number of rotatable bonds is 4. The Labute approximate surface area is 179 Å². The summed E-state index contributed by atoms with van der Waals surface area (Å²) in [5, 5.41) is 0. The van der Waals surface area contributed by atoms with Crippen LogP contribution in [0.15, 0.2) is 48.5 Å². The lowest BCUT2D eigenvalue weighted by atomic mass is 10.1. The number of aryl methyl sites for hydroxylation is 2. The van der Waals surface area contributed by atoms with E-state index in [9.17, 15) is 9.59 Å². The third-order valence-corrected chi connectivity index (χ3v) is 6.27. The van der Waals surface area contributed by atoms with Crippen LogP contribution in [0.1, 0.15) is 28.7 Å². The molecule has 30 heavy (non-hydrogen) atoms. The van der Waals surface area contributed by atoms with E-state index in [2.05, 4.69) is 42.2 Å². The fourth-order valence-electron chi connectivity index (χ4n) is 4.64. The van der Waals surface area contributed by atoms with Crippen molar-refractivity contribution in [3.05, 3.63) is 70.8 Å². The minimum absolute atomic E-state index is 0.111. The van der Waals surface area contributed by atoms with E-state index < -0.39 is 0 Å². The lowest BCUT2D eigenvalue weighted by Crippen LogP contribution is -2.56. The summed E-state index contributed by atoms with van der Waals surface area (Å²) in [6.45, 7) is 8.54. The summed E-state index contributed by atoms with van der Waals surface area (Å²) in [5.74, 6) is 0.361. The molecule has 0 aromatic heterocycles. The van der Waals surface area contributed by atoms with Crippen LogP contribution in [-0.4, -0.2) is 65.3 Å². The maximum atomic E-state index is 13.2. The molecule has 5 nitrogen and oxygen atoms in total. The molecular weight excluding hydrogens is 374 g/mol. The molecule has 4 rings (SSSR count). The maximum Gasteiger partial charge on any atom is 0.240 e. The van der Waals surface area contributed by atoms with E-state index in [-0.39, 0.29) is 17.9 Å². The van der Waals surface area contributed by atoms with Gasteiger partial charge in [0.15, 0.2) is 0 Å². The van der Waals surface area contributed by atoms with Gasteiger partial charge in [-0.05, 0) is 31.4 Å². The standard InChI is InChI=1S/C25H31N3O2/c1-19-5-3-7-21(15-19)17-24(29)27-10-9-23-25(30)28(14-12-26(23)11-13-27)18-22-8-4-6-20(2)16-22/h3-8,15-16,23H,9-14,17-18H2,1-2H3. The highest BCUT2D eigenvalue weighted by molar-refractivity contribution is 5.83. The third kappa shape index (κ3) is 4.73. The van der Waals surface area contributed by atoms with E-state index >= 15 is 0 Å². The van der Waals surface area contributed by atoms with E-state index in [0.717, 1.165) is 25.2 Å². The Hall–Kier alpha value is -2.66. The lowest BCUT2D eigenvalue weighted by Gasteiger charge is -2.39. The third-order valence-electron chi connectivity index (χ3n) is 6.27. The van der Waals surface area contributed by atoms with Crippen molar-refractivity contribution in [1.29, 1.82) is 0 Å². The van der Waals surface area contributed by atoms with Crippen molar-refractivity contribution >= 4 is 11.8 Å². The first-order valence-electron chi connectivity index (χ1n) is 10.9. The van der Waals surface area contributed by atoms with Crippen LogP contribution >= 0.6 is 0 Å². The molecule has 0 aliphatic carbocycles. The van der Waals surface area contributed by atoms with Crippen molar-refractivity contribution < 1.29 is 9.59 Å².